The SMILES string of the molecule is O=C(OCc1ccccc1)[C@H]1ON2CCC[C@@H]1C2. The average Bonchev–Trinajstić information content (AvgIpc) is 2.72. The predicted molar refractivity (Wildman–Crippen MR) is 65.4 cm³/mol. The first-order valence-corrected chi connectivity index (χ1v) is 6.45. The third-order valence-corrected chi connectivity index (χ3v) is 3.57. The fraction of sp³-hybridized carbons (Fsp3) is 0.500. The van der Waals surface area contributed by atoms with Gasteiger partial charge in [0.15, 0.2) is 6.10 Å². The molecule has 2 aliphatic heterocycles. The number of ether oxygens (including phenoxy) is 1. The van der Waals surface area contributed by atoms with Crippen LogP contribution in [0.25, 0.3) is 0 Å². The standard InChI is InChI=1S/C14H17NO3/c16-14(17-10-11-5-2-1-3-6-11)13-12-7-4-8-15(9-12)18-13/h1-3,5-6,12-13H,4,7-10H2/t12-,13+/m1/s1. The normalized spacial score (nSPS) is 30.1. The number of hydrogen-bond acceptors (Lipinski definition) is 4. The third kappa shape index (κ3) is 2.40. The van der Waals surface area contributed by atoms with Crippen LogP contribution in [0.2, 0.25) is 0 Å². The van der Waals surface area contributed by atoms with Crippen LogP contribution in [0, 0.1) is 5.92 Å². The molecule has 0 aliphatic carbocycles. The van der Waals surface area contributed by atoms with Gasteiger partial charge in [-0.3, -0.25) is 4.84 Å². The molecule has 0 amide bonds. The highest BCUT2D eigenvalue weighted by Gasteiger charge is 2.42. The van der Waals surface area contributed by atoms with Gasteiger partial charge in [-0.05, 0) is 18.4 Å². The summed E-state index contributed by atoms with van der Waals surface area (Å²) in [5.41, 5.74) is 1.01. The van der Waals surface area contributed by atoms with Crippen LogP contribution in [-0.2, 0) is 21.0 Å². The van der Waals surface area contributed by atoms with Crippen LogP contribution in [0.5, 0.6) is 0 Å². The van der Waals surface area contributed by atoms with Crippen molar-refractivity contribution in [2.75, 3.05) is 13.1 Å². The maximum Gasteiger partial charge on any atom is 0.338 e. The van der Waals surface area contributed by atoms with Crippen LogP contribution >= 0.6 is 0 Å². The maximum atomic E-state index is 12.0. The number of rotatable bonds is 3. The van der Waals surface area contributed by atoms with Crippen LogP contribution in [0.1, 0.15) is 18.4 Å². The van der Waals surface area contributed by atoms with Gasteiger partial charge < -0.3 is 4.74 Å². The lowest BCUT2D eigenvalue weighted by atomic mass is 9.95. The number of nitrogens with zero attached hydrogens (tertiary/aromatic N) is 1. The molecule has 3 atom stereocenters. The molecule has 0 spiro atoms. The van der Waals surface area contributed by atoms with Crippen LogP contribution in [-0.4, -0.2) is 30.2 Å². The quantitative estimate of drug-likeness (QED) is 0.763. The number of carbonyl (C=O) groups excluding carboxylic acids is 1. The van der Waals surface area contributed by atoms with Crippen LogP contribution in [0.4, 0.5) is 0 Å². The van der Waals surface area contributed by atoms with Crippen molar-refractivity contribution in [2.45, 2.75) is 25.6 Å². The fourth-order valence-corrected chi connectivity index (χ4v) is 2.61. The molecule has 2 heterocycles. The monoisotopic (exact) mass is 247 g/mol. The van der Waals surface area contributed by atoms with Gasteiger partial charge in [0, 0.05) is 19.0 Å². The van der Waals surface area contributed by atoms with Crippen molar-refractivity contribution in [2.24, 2.45) is 5.92 Å². The van der Waals surface area contributed by atoms with Crippen molar-refractivity contribution in [3.8, 4) is 0 Å². The molecule has 2 aliphatic rings. The summed E-state index contributed by atoms with van der Waals surface area (Å²) >= 11 is 0. The van der Waals surface area contributed by atoms with Crippen molar-refractivity contribution >= 4 is 5.97 Å². The number of hydrogen-bond donors (Lipinski definition) is 0. The molecule has 0 radical (unpaired) electrons. The largest absolute Gasteiger partial charge is 0.459 e. The van der Waals surface area contributed by atoms with Crippen molar-refractivity contribution in [3.63, 3.8) is 0 Å². The molecule has 0 saturated carbocycles. The van der Waals surface area contributed by atoms with Gasteiger partial charge in [0.1, 0.15) is 6.61 Å². The minimum Gasteiger partial charge on any atom is -0.459 e. The molecule has 1 aromatic rings. The minimum atomic E-state index is -0.392. The molecule has 0 N–H and O–H groups in total. The number of benzene rings is 1. The van der Waals surface area contributed by atoms with E-state index in [0.29, 0.717) is 12.5 Å². The summed E-state index contributed by atoms with van der Waals surface area (Å²) < 4.78 is 5.33. The van der Waals surface area contributed by atoms with E-state index in [9.17, 15) is 4.79 Å². The average molecular weight is 247 g/mol. The summed E-state index contributed by atoms with van der Waals surface area (Å²) in [5.74, 6) is 0.0790. The molecule has 1 aromatic carbocycles. The van der Waals surface area contributed by atoms with E-state index in [1.165, 1.54) is 0 Å². The highest BCUT2D eigenvalue weighted by Crippen LogP contribution is 2.30. The van der Waals surface area contributed by atoms with Gasteiger partial charge in [-0.1, -0.05) is 30.3 Å². The van der Waals surface area contributed by atoms with Gasteiger partial charge in [-0.25, -0.2) is 4.79 Å². The molecular weight excluding hydrogens is 230 g/mol. The van der Waals surface area contributed by atoms with E-state index in [-0.39, 0.29) is 5.97 Å². The van der Waals surface area contributed by atoms with Gasteiger partial charge in [0.25, 0.3) is 0 Å². The zero-order chi connectivity index (χ0) is 12.4. The smallest absolute Gasteiger partial charge is 0.338 e. The van der Waals surface area contributed by atoms with E-state index in [4.69, 9.17) is 9.57 Å². The second kappa shape index (κ2) is 5.08. The maximum absolute atomic E-state index is 12.0. The summed E-state index contributed by atoms with van der Waals surface area (Å²) in [5, 5.41) is 1.89. The second-order valence-electron chi connectivity index (χ2n) is 4.91. The molecule has 0 aromatic heterocycles. The van der Waals surface area contributed by atoms with Crippen molar-refractivity contribution < 1.29 is 14.4 Å². The van der Waals surface area contributed by atoms with Crippen LogP contribution in [0.15, 0.2) is 30.3 Å². The summed E-state index contributed by atoms with van der Waals surface area (Å²) in [7, 11) is 0. The predicted octanol–water partition coefficient (Wildman–Crippen LogP) is 1.76. The molecule has 2 saturated heterocycles. The molecule has 2 bridgehead atoms. The summed E-state index contributed by atoms with van der Waals surface area (Å²) in [6, 6.07) is 9.72. The molecule has 4 heteroatoms. The van der Waals surface area contributed by atoms with Gasteiger partial charge >= 0.3 is 5.97 Å². The second-order valence-corrected chi connectivity index (χ2v) is 4.91. The Kier molecular flexibility index (Phi) is 3.30. The molecule has 1 unspecified atom stereocenters. The first-order chi connectivity index (χ1) is 8.83. The lowest BCUT2D eigenvalue weighted by molar-refractivity contribution is -0.183. The Hall–Kier alpha value is -1.39. The summed E-state index contributed by atoms with van der Waals surface area (Å²) in [6.07, 6.45) is 1.77. The number of fused-ring (bicyclic) bond motifs is 2. The third-order valence-electron chi connectivity index (χ3n) is 3.57. The van der Waals surface area contributed by atoms with Gasteiger partial charge in [0.2, 0.25) is 0 Å². The Morgan fingerprint density at radius 1 is 1.39 bits per heavy atom. The first-order valence-electron chi connectivity index (χ1n) is 6.45. The Labute approximate surface area is 106 Å². The zero-order valence-electron chi connectivity index (χ0n) is 10.2. The Bertz CT molecular complexity index is 420. The highest BCUT2D eigenvalue weighted by atomic mass is 16.7. The molecule has 96 valence electrons. The number of hydroxylamine groups is 2. The van der Waals surface area contributed by atoms with Crippen molar-refractivity contribution in [1.82, 2.24) is 5.06 Å². The van der Waals surface area contributed by atoms with Crippen molar-refractivity contribution in [3.05, 3.63) is 35.9 Å². The number of piperidine rings is 1. The van der Waals surface area contributed by atoms with E-state index in [2.05, 4.69) is 0 Å². The Morgan fingerprint density at radius 3 is 3.00 bits per heavy atom. The topological polar surface area (TPSA) is 38.8 Å². The van der Waals surface area contributed by atoms with Gasteiger partial charge in [-0.2, -0.15) is 5.06 Å². The molecule has 4 nitrogen and oxygen atoms in total. The van der Waals surface area contributed by atoms with Crippen LogP contribution in [0.3, 0.4) is 0 Å². The van der Waals surface area contributed by atoms with E-state index in [0.717, 1.165) is 31.5 Å². The lowest BCUT2D eigenvalue weighted by Gasteiger charge is -2.17. The molecule has 3 rings (SSSR count). The molecule has 18 heavy (non-hydrogen) atoms. The number of esters is 1. The summed E-state index contributed by atoms with van der Waals surface area (Å²) in [4.78, 5) is 17.6. The zero-order valence-corrected chi connectivity index (χ0v) is 10.2. The summed E-state index contributed by atoms with van der Waals surface area (Å²) in [6.45, 7) is 2.12. The van der Waals surface area contributed by atoms with E-state index in [1.54, 1.807) is 0 Å². The van der Waals surface area contributed by atoms with E-state index < -0.39 is 6.10 Å². The highest BCUT2D eigenvalue weighted by molar-refractivity contribution is 5.75. The van der Waals surface area contributed by atoms with E-state index >= 15 is 0 Å². The van der Waals surface area contributed by atoms with E-state index in [1.807, 2.05) is 35.4 Å². The van der Waals surface area contributed by atoms with Crippen LogP contribution < -0.4 is 0 Å². The van der Waals surface area contributed by atoms with Gasteiger partial charge in [0.05, 0.1) is 0 Å². The fourth-order valence-electron chi connectivity index (χ4n) is 2.61. The molecular formula is C14H17NO3. The van der Waals surface area contributed by atoms with Crippen molar-refractivity contribution in [1.29, 1.82) is 0 Å². The first kappa shape index (κ1) is 11.7. The molecule has 2 fully saturated rings. The minimum absolute atomic E-state index is 0.228. The van der Waals surface area contributed by atoms with Gasteiger partial charge in [-0.15, -0.1) is 0 Å². The Balaban J connectivity index is 1.56. The Morgan fingerprint density at radius 2 is 2.22 bits per heavy atom. The number of carbonyl (C=O) groups is 1. The lowest BCUT2D eigenvalue weighted by Crippen LogP contribution is -2.29.